The number of ether oxygens (including phenoxy) is 2. The van der Waals surface area contributed by atoms with Crippen LogP contribution in [-0.2, 0) is 23.1 Å². The number of aryl methyl sites for hydroxylation is 1. The van der Waals surface area contributed by atoms with Crippen LogP contribution in [0.25, 0.3) is 0 Å². The SMILES string of the molecule is CCOC(CNCc1cc(C#N)n(C)c1)OCC. The van der Waals surface area contributed by atoms with E-state index in [1.54, 1.807) is 0 Å². The van der Waals surface area contributed by atoms with E-state index < -0.39 is 0 Å². The molecule has 0 saturated carbocycles. The molecule has 0 radical (unpaired) electrons. The number of rotatable bonds is 8. The van der Waals surface area contributed by atoms with Crippen LogP contribution in [0.2, 0.25) is 0 Å². The molecular weight excluding hydrogens is 230 g/mol. The Balaban J connectivity index is 2.37. The third kappa shape index (κ3) is 4.49. The van der Waals surface area contributed by atoms with E-state index >= 15 is 0 Å². The predicted octanol–water partition coefficient (Wildman–Crippen LogP) is 1.39. The first-order valence-electron chi connectivity index (χ1n) is 6.20. The van der Waals surface area contributed by atoms with Crippen molar-refractivity contribution in [3.63, 3.8) is 0 Å². The molecule has 0 aliphatic heterocycles. The van der Waals surface area contributed by atoms with Crippen LogP contribution in [0, 0.1) is 11.3 Å². The van der Waals surface area contributed by atoms with E-state index in [0.29, 0.717) is 32.0 Å². The summed E-state index contributed by atoms with van der Waals surface area (Å²) in [5.74, 6) is 0. The van der Waals surface area contributed by atoms with Crippen molar-refractivity contribution < 1.29 is 9.47 Å². The average Bonchev–Trinajstić information content (AvgIpc) is 2.70. The van der Waals surface area contributed by atoms with Gasteiger partial charge in [-0.2, -0.15) is 5.26 Å². The maximum Gasteiger partial charge on any atom is 0.169 e. The Morgan fingerprint density at radius 1 is 1.39 bits per heavy atom. The van der Waals surface area contributed by atoms with Gasteiger partial charge in [0.2, 0.25) is 0 Å². The molecule has 0 aliphatic rings. The molecule has 0 atom stereocenters. The molecule has 5 nitrogen and oxygen atoms in total. The lowest BCUT2D eigenvalue weighted by atomic mass is 10.3. The molecule has 1 heterocycles. The van der Waals surface area contributed by atoms with Crippen LogP contribution in [0.15, 0.2) is 12.3 Å². The lowest BCUT2D eigenvalue weighted by molar-refractivity contribution is -0.133. The fourth-order valence-corrected chi connectivity index (χ4v) is 1.71. The Bertz CT molecular complexity index is 389. The average molecular weight is 251 g/mol. The molecule has 1 N–H and O–H groups in total. The highest BCUT2D eigenvalue weighted by molar-refractivity contribution is 5.28. The largest absolute Gasteiger partial charge is 0.352 e. The van der Waals surface area contributed by atoms with Gasteiger partial charge in [0.25, 0.3) is 0 Å². The van der Waals surface area contributed by atoms with E-state index in [1.165, 1.54) is 0 Å². The zero-order valence-electron chi connectivity index (χ0n) is 11.3. The molecule has 0 saturated heterocycles. The summed E-state index contributed by atoms with van der Waals surface area (Å²) in [5, 5.41) is 12.1. The summed E-state index contributed by atoms with van der Waals surface area (Å²) in [7, 11) is 1.87. The van der Waals surface area contributed by atoms with Crippen molar-refractivity contribution in [1.82, 2.24) is 9.88 Å². The fourth-order valence-electron chi connectivity index (χ4n) is 1.71. The maximum atomic E-state index is 8.85. The van der Waals surface area contributed by atoms with Gasteiger partial charge in [0.05, 0.1) is 0 Å². The van der Waals surface area contributed by atoms with E-state index in [-0.39, 0.29) is 6.29 Å². The Hall–Kier alpha value is -1.35. The summed E-state index contributed by atoms with van der Waals surface area (Å²) in [5.41, 5.74) is 1.75. The smallest absolute Gasteiger partial charge is 0.169 e. The van der Waals surface area contributed by atoms with Crippen LogP contribution in [0.1, 0.15) is 25.1 Å². The summed E-state index contributed by atoms with van der Waals surface area (Å²) in [6, 6.07) is 4.02. The van der Waals surface area contributed by atoms with E-state index in [1.807, 2.05) is 37.7 Å². The minimum atomic E-state index is -0.209. The lowest BCUT2D eigenvalue weighted by Crippen LogP contribution is -2.31. The Morgan fingerprint density at radius 3 is 2.56 bits per heavy atom. The van der Waals surface area contributed by atoms with Crippen molar-refractivity contribution in [2.75, 3.05) is 19.8 Å². The second-order valence-electron chi connectivity index (χ2n) is 3.93. The summed E-state index contributed by atoms with van der Waals surface area (Å²) >= 11 is 0. The molecule has 1 rings (SSSR count). The van der Waals surface area contributed by atoms with Gasteiger partial charge in [0.1, 0.15) is 11.8 Å². The van der Waals surface area contributed by atoms with Gasteiger partial charge in [-0.3, -0.25) is 0 Å². The number of hydrogen-bond donors (Lipinski definition) is 1. The Kier molecular flexibility index (Phi) is 6.44. The zero-order chi connectivity index (χ0) is 13.4. The van der Waals surface area contributed by atoms with Crippen molar-refractivity contribution in [3.05, 3.63) is 23.5 Å². The van der Waals surface area contributed by atoms with Gasteiger partial charge in [-0.15, -0.1) is 0 Å². The number of nitrogens with zero attached hydrogens (tertiary/aromatic N) is 2. The minimum absolute atomic E-state index is 0.209. The molecule has 0 bridgehead atoms. The molecular formula is C13H21N3O2. The third-order valence-electron chi connectivity index (χ3n) is 2.52. The number of hydrogen-bond acceptors (Lipinski definition) is 4. The highest BCUT2D eigenvalue weighted by Gasteiger charge is 2.07. The molecule has 100 valence electrons. The van der Waals surface area contributed by atoms with Crippen molar-refractivity contribution in [1.29, 1.82) is 5.26 Å². The Morgan fingerprint density at radius 2 is 2.06 bits per heavy atom. The lowest BCUT2D eigenvalue weighted by Gasteiger charge is -2.17. The first kappa shape index (κ1) is 14.7. The number of aromatic nitrogens is 1. The molecule has 5 heteroatoms. The number of nitriles is 1. The van der Waals surface area contributed by atoms with Gasteiger partial charge in [-0.05, 0) is 25.5 Å². The summed E-state index contributed by atoms with van der Waals surface area (Å²) in [4.78, 5) is 0. The second-order valence-corrected chi connectivity index (χ2v) is 3.93. The van der Waals surface area contributed by atoms with Gasteiger partial charge in [-0.25, -0.2) is 0 Å². The van der Waals surface area contributed by atoms with Crippen molar-refractivity contribution in [3.8, 4) is 6.07 Å². The zero-order valence-corrected chi connectivity index (χ0v) is 11.3. The van der Waals surface area contributed by atoms with E-state index in [0.717, 1.165) is 5.56 Å². The molecule has 0 aromatic carbocycles. The molecule has 0 amide bonds. The van der Waals surface area contributed by atoms with Gasteiger partial charge in [0, 0.05) is 39.5 Å². The molecule has 0 unspecified atom stereocenters. The van der Waals surface area contributed by atoms with E-state index in [2.05, 4.69) is 11.4 Å². The quantitative estimate of drug-likeness (QED) is 0.709. The van der Waals surface area contributed by atoms with Crippen LogP contribution >= 0.6 is 0 Å². The predicted molar refractivity (Wildman–Crippen MR) is 68.9 cm³/mol. The molecule has 18 heavy (non-hydrogen) atoms. The summed E-state index contributed by atoms with van der Waals surface area (Å²) in [6.45, 7) is 6.50. The van der Waals surface area contributed by atoms with Crippen molar-refractivity contribution in [2.24, 2.45) is 7.05 Å². The van der Waals surface area contributed by atoms with Crippen LogP contribution in [0.3, 0.4) is 0 Å². The fraction of sp³-hybridized carbons (Fsp3) is 0.615. The van der Waals surface area contributed by atoms with E-state index in [4.69, 9.17) is 14.7 Å². The maximum absolute atomic E-state index is 8.85. The standard InChI is InChI=1S/C13H21N3O2/c1-4-17-13(18-5-2)9-15-8-11-6-12(7-14)16(3)10-11/h6,10,13,15H,4-5,8-9H2,1-3H3. The first-order valence-corrected chi connectivity index (χ1v) is 6.20. The minimum Gasteiger partial charge on any atom is -0.352 e. The third-order valence-corrected chi connectivity index (χ3v) is 2.52. The van der Waals surface area contributed by atoms with E-state index in [9.17, 15) is 0 Å². The molecule has 0 aliphatic carbocycles. The van der Waals surface area contributed by atoms with Gasteiger partial charge in [0.15, 0.2) is 6.29 Å². The second kappa shape index (κ2) is 7.88. The monoisotopic (exact) mass is 251 g/mol. The number of nitrogens with one attached hydrogen (secondary N) is 1. The Labute approximate surface area is 108 Å². The van der Waals surface area contributed by atoms with Gasteiger partial charge >= 0.3 is 0 Å². The molecule has 0 spiro atoms. The first-order chi connectivity index (χ1) is 8.71. The van der Waals surface area contributed by atoms with Crippen molar-refractivity contribution in [2.45, 2.75) is 26.7 Å². The molecule has 1 aromatic rings. The highest BCUT2D eigenvalue weighted by atomic mass is 16.7. The normalized spacial score (nSPS) is 10.8. The van der Waals surface area contributed by atoms with Crippen LogP contribution in [0.4, 0.5) is 0 Å². The summed E-state index contributed by atoms with van der Waals surface area (Å²) in [6.07, 6.45) is 1.74. The summed E-state index contributed by atoms with van der Waals surface area (Å²) < 4.78 is 12.7. The van der Waals surface area contributed by atoms with Gasteiger partial charge in [-0.1, -0.05) is 0 Å². The highest BCUT2D eigenvalue weighted by Crippen LogP contribution is 2.05. The van der Waals surface area contributed by atoms with Gasteiger partial charge < -0.3 is 19.4 Å². The van der Waals surface area contributed by atoms with Crippen LogP contribution < -0.4 is 5.32 Å². The topological polar surface area (TPSA) is 59.2 Å². The molecule has 0 fully saturated rings. The molecule has 1 aromatic heterocycles. The van der Waals surface area contributed by atoms with Crippen molar-refractivity contribution >= 4 is 0 Å². The van der Waals surface area contributed by atoms with Crippen LogP contribution in [-0.4, -0.2) is 30.6 Å². The van der Waals surface area contributed by atoms with Crippen LogP contribution in [0.5, 0.6) is 0 Å².